The van der Waals surface area contributed by atoms with E-state index in [-0.39, 0.29) is 11.4 Å². The Morgan fingerprint density at radius 3 is 2.53 bits per heavy atom. The monoisotopic (exact) mass is 240 g/mol. The lowest BCUT2D eigenvalue weighted by atomic mass is 10.2. The standard InChI is InChI=1S/C11H7F3N2O/c12-11(13,14)7-5-9(16-10(17)6-7)8-3-1-2-4-15-8/h1-6H,(H,16,17). The van der Waals surface area contributed by atoms with Gasteiger partial charge in [-0.2, -0.15) is 13.2 Å². The van der Waals surface area contributed by atoms with Crippen molar-refractivity contribution in [2.75, 3.05) is 0 Å². The van der Waals surface area contributed by atoms with Gasteiger partial charge in [0.15, 0.2) is 0 Å². The Bertz CT molecular complexity index is 575. The van der Waals surface area contributed by atoms with E-state index in [0.29, 0.717) is 6.07 Å². The smallest absolute Gasteiger partial charge is 0.321 e. The summed E-state index contributed by atoms with van der Waals surface area (Å²) in [4.78, 5) is 17.3. The zero-order valence-electron chi connectivity index (χ0n) is 8.45. The molecule has 2 heterocycles. The molecule has 2 aromatic heterocycles. The predicted octanol–water partition coefficient (Wildman–Crippen LogP) is 2.46. The van der Waals surface area contributed by atoms with Gasteiger partial charge in [0.05, 0.1) is 17.0 Å². The Balaban J connectivity index is 2.58. The van der Waals surface area contributed by atoms with Gasteiger partial charge in [0.25, 0.3) is 0 Å². The van der Waals surface area contributed by atoms with Crippen molar-refractivity contribution in [1.29, 1.82) is 0 Å². The minimum Gasteiger partial charge on any atom is -0.321 e. The molecule has 0 saturated heterocycles. The fourth-order valence-electron chi connectivity index (χ4n) is 1.37. The molecule has 0 spiro atoms. The second-order valence-corrected chi connectivity index (χ2v) is 3.36. The minimum atomic E-state index is -4.54. The van der Waals surface area contributed by atoms with Crippen molar-refractivity contribution in [2.45, 2.75) is 6.18 Å². The van der Waals surface area contributed by atoms with Crippen LogP contribution in [-0.4, -0.2) is 9.97 Å². The third kappa shape index (κ3) is 2.52. The molecule has 0 bridgehead atoms. The van der Waals surface area contributed by atoms with Gasteiger partial charge in [-0.3, -0.25) is 9.78 Å². The molecule has 0 amide bonds. The Morgan fingerprint density at radius 1 is 1.18 bits per heavy atom. The highest BCUT2D eigenvalue weighted by molar-refractivity contribution is 5.54. The topological polar surface area (TPSA) is 45.8 Å². The summed E-state index contributed by atoms with van der Waals surface area (Å²) in [6.45, 7) is 0. The Labute approximate surface area is 94.0 Å². The van der Waals surface area contributed by atoms with Crippen LogP contribution in [0.5, 0.6) is 0 Å². The van der Waals surface area contributed by atoms with E-state index in [1.54, 1.807) is 12.1 Å². The van der Waals surface area contributed by atoms with Crippen molar-refractivity contribution in [1.82, 2.24) is 9.97 Å². The number of aromatic nitrogens is 2. The number of alkyl halides is 3. The van der Waals surface area contributed by atoms with Gasteiger partial charge in [-0.05, 0) is 18.2 Å². The van der Waals surface area contributed by atoms with E-state index < -0.39 is 17.3 Å². The van der Waals surface area contributed by atoms with Crippen molar-refractivity contribution in [3.05, 3.63) is 52.4 Å². The normalized spacial score (nSPS) is 11.5. The van der Waals surface area contributed by atoms with Crippen LogP contribution in [0.3, 0.4) is 0 Å². The Kier molecular flexibility index (Phi) is 2.71. The zero-order chi connectivity index (χ0) is 12.5. The summed E-state index contributed by atoms with van der Waals surface area (Å²) in [5.41, 5.74) is -1.46. The van der Waals surface area contributed by atoms with Gasteiger partial charge in [0, 0.05) is 12.3 Å². The molecule has 1 N–H and O–H groups in total. The second kappa shape index (κ2) is 4.04. The van der Waals surface area contributed by atoms with E-state index in [1.165, 1.54) is 12.3 Å². The number of aromatic amines is 1. The molecule has 0 aromatic carbocycles. The largest absolute Gasteiger partial charge is 0.416 e. The van der Waals surface area contributed by atoms with Crippen LogP contribution in [0.2, 0.25) is 0 Å². The second-order valence-electron chi connectivity index (χ2n) is 3.36. The fraction of sp³-hybridized carbons (Fsp3) is 0.0909. The van der Waals surface area contributed by atoms with Crippen LogP contribution in [0.15, 0.2) is 41.3 Å². The number of rotatable bonds is 1. The van der Waals surface area contributed by atoms with E-state index in [0.717, 1.165) is 6.07 Å². The van der Waals surface area contributed by atoms with Crippen molar-refractivity contribution < 1.29 is 13.2 Å². The number of halogens is 3. The van der Waals surface area contributed by atoms with Crippen molar-refractivity contribution in [3.63, 3.8) is 0 Å². The van der Waals surface area contributed by atoms with E-state index in [1.807, 2.05) is 0 Å². The van der Waals surface area contributed by atoms with Crippen LogP contribution < -0.4 is 5.56 Å². The average molecular weight is 240 g/mol. The molecule has 2 aromatic rings. The molecular formula is C11H7F3N2O. The van der Waals surface area contributed by atoms with Crippen LogP contribution in [0.25, 0.3) is 11.4 Å². The van der Waals surface area contributed by atoms with Crippen molar-refractivity contribution >= 4 is 0 Å². The first kappa shape index (κ1) is 11.4. The van der Waals surface area contributed by atoms with Gasteiger partial charge in [-0.25, -0.2) is 0 Å². The van der Waals surface area contributed by atoms with Gasteiger partial charge in [0.2, 0.25) is 5.56 Å². The van der Waals surface area contributed by atoms with Crippen LogP contribution in [0, 0.1) is 0 Å². The van der Waals surface area contributed by atoms with Crippen LogP contribution in [0.1, 0.15) is 5.56 Å². The molecule has 0 aliphatic carbocycles. The molecule has 0 aliphatic rings. The maximum absolute atomic E-state index is 12.5. The number of nitrogens with zero attached hydrogens (tertiary/aromatic N) is 1. The third-order valence-electron chi connectivity index (χ3n) is 2.11. The summed E-state index contributed by atoms with van der Waals surface area (Å²) in [6.07, 6.45) is -3.11. The minimum absolute atomic E-state index is 0.0467. The summed E-state index contributed by atoms with van der Waals surface area (Å²) >= 11 is 0. The lowest BCUT2D eigenvalue weighted by molar-refractivity contribution is -0.137. The van der Waals surface area contributed by atoms with Crippen molar-refractivity contribution in [2.24, 2.45) is 0 Å². The number of H-pyrrole nitrogens is 1. The lowest BCUT2D eigenvalue weighted by Crippen LogP contribution is -2.14. The van der Waals surface area contributed by atoms with E-state index in [9.17, 15) is 18.0 Å². The highest BCUT2D eigenvalue weighted by atomic mass is 19.4. The predicted molar refractivity (Wildman–Crippen MR) is 55.3 cm³/mol. The molecule has 0 aliphatic heterocycles. The molecule has 88 valence electrons. The summed E-state index contributed by atoms with van der Waals surface area (Å²) in [6, 6.07) is 6.16. The first-order valence-corrected chi connectivity index (χ1v) is 4.70. The number of hydrogen-bond acceptors (Lipinski definition) is 2. The maximum Gasteiger partial charge on any atom is 0.416 e. The Morgan fingerprint density at radius 2 is 1.94 bits per heavy atom. The molecular weight excluding hydrogens is 233 g/mol. The lowest BCUT2D eigenvalue weighted by Gasteiger charge is -2.07. The highest BCUT2D eigenvalue weighted by Gasteiger charge is 2.31. The Hall–Kier alpha value is -2.11. The molecule has 3 nitrogen and oxygen atoms in total. The first-order valence-electron chi connectivity index (χ1n) is 4.70. The van der Waals surface area contributed by atoms with E-state index in [2.05, 4.69) is 9.97 Å². The van der Waals surface area contributed by atoms with Crippen LogP contribution in [0.4, 0.5) is 13.2 Å². The van der Waals surface area contributed by atoms with Gasteiger partial charge in [-0.1, -0.05) is 6.07 Å². The molecule has 0 atom stereocenters. The number of nitrogens with one attached hydrogen (secondary N) is 1. The quantitative estimate of drug-likeness (QED) is 0.832. The molecule has 0 saturated carbocycles. The number of pyridine rings is 2. The molecule has 0 radical (unpaired) electrons. The summed E-state index contributed by atoms with van der Waals surface area (Å²) < 4.78 is 37.5. The molecule has 17 heavy (non-hydrogen) atoms. The fourth-order valence-corrected chi connectivity index (χ4v) is 1.37. The molecule has 2 rings (SSSR count). The molecule has 6 heteroatoms. The van der Waals surface area contributed by atoms with Gasteiger partial charge in [0.1, 0.15) is 0 Å². The highest BCUT2D eigenvalue weighted by Crippen LogP contribution is 2.29. The summed E-state index contributed by atoms with van der Waals surface area (Å²) in [7, 11) is 0. The van der Waals surface area contributed by atoms with Gasteiger partial charge >= 0.3 is 6.18 Å². The first-order chi connectivity index (χ1) is 7.97. The maximum atomic E-state index is 12.5. The third-order valence-corrected chi connectivity index (χ3v) is 2.11. The zero-order valence-corrected chi connectivity index (χ0v) is 8.45. The molecule has 0 unspecified atom stereocenters. The van der Waals surface area contributed by atoms with Gasteiger partial charge < -0.3 is 4.98 Å². The van der Waals surface area contributed by atoms with E-state index in [4.69, 9.17) is 0 Å². The van der Waals surface area contributed by atoms with Crippen LogP contribution in [-0.2, 0) is 6.18 Å². The van der Waals surface area contributed by atoms with Crippen molar-refractivity contribution in [3.8, 4) is 11.4 Å². The average Bonchev–Trinajstić information content (AvgIpc) is 2.28. The summed E-state index contributed by atoms with van der Waals surface area (Å²) in [5, 5.41) is 0. The number of hydrogen-bond donors (Lipinski definition) is 1. The molecule has 0 fully saturated rings. The van der Waals surface area contributed by atoms with Gasteiger partial charge in [-0.15, -0.1) is 0 Å². The van der Waals surface area contributed by atoms with E-state index >= 15 is 0 Å². The van der Waals surface area contributed by atoms with Crippen LogP contribution >= 0.6 is 0 Å². The summed E-state index contributed by atoms with van der Waals surface area (Å²) in [5.74, 6) is 0. The SMILES string of the molecule is O=c1cc(C(F)(F)F)cc(-c2ccccn2)[nH]1.